The minimum Gasteiger partial charge on any atom is -0.480 e. The van der Waals surface area contributed by atoms with Crippen molar-refractivity contribution in [2.75, 3.05) is 19.6 Å². The molecule has 0 aromatic heterocycles. The van der Waals surface area contributed by atoms with Crippen LogP contribution in [0.1, 0.15) is 40.5 Å². The molecule has 0 rings (SSSR count). The first-order valence-corrected chi connectivity index (χ1v) is 11.3. The first-order valence-electron chi connectivity index (χ1n) is 11.3. The maximum absolute atomic E-state index is 12.8. The molecule has 0 aliphatic carbocycles. The van der Waals surface area contributed by atoms with Gasteiger partial charge in [0.25, 0.3) is 0 Å². The van der Waals surface area contributed by atoms with E-state index in [1.807, 2.05) is 0 Å². The van der Waals surface area contributed by atoms with Gasteiger partial charge in [0, 0.05) is 0 Å². The van der Waals surface area contributed by atoms with Crippen molar-refractivity contribution < 1.29 is 38.7 Å². The van der Waals surface area contributed by atoms with Gasteiger partial charge in [-0.1, -0.05) is 27.7 Å². The summed E-state index contributed by atoms with van der Waals surface area (Å²) in [6.45, 7) is 5.33. The van der Waals surface area contributed by atoms with Gasteiger partial charge in [-0.2, -0.15) is 0 Å². The minimum atomic E-state index is -1.47. The number of primary amides is 1. The van der Waals surface area contributed by atoms with Gasteiger partial charge in [-0.25, -0.2) is 0 Å². The molecule has 0 unspecified atom stereocenters. The molecule has 0 saturated heterocycles. The summed E-state index contributed by atoms with van der Waals surface area (Å²) in [5.41, 5.74) is 10.4. The van der Waals surface area contributed by atoms with Crippen molar-refractivity contribution in [2.24, 2.45) is 23.3 Å². The van der Waals surface area contributed by atoms with Crippen LogP contribution in [-0.4, -0.2) is 84.3 Å². The number of hydrogen-bond acceptors (Lipinski definition) is 8. The molecule has 0 spiro atoms. The van der Waals surface area contributed by atoms with Crippen LogP contribution in [0.15, 0.2) is 0 Å². The molecule has 15 heteroatoms. The van der Waals surface area contributed by atoms with Gasteiger partial charge in [-0.3, -0.25) is 33.6 Å². The molecule has 10 N–H and O–H groups in total. The number of nitrogens with one attached hydrogen (secondary N) is 5. The van der Waals surface area contributed by atoms with Crippen LogP contribution in [0.5, 0.6) is 0 Å². The van der Waals surface area contributed by atoms with Gasteiger partial charge in [0.1, 0.15) is 24.7 Å². The summed E-state index contributed by atoms with van der Waals surface area (Å²) in [5.74, 6) is -6.30. The Balaban J connectivity index is 5.28. The molecule has 6 amide bonds. The lowest BCUT2D eigenvalue weighted by Gasteiger charge is -2.24. The van der Waals surface area contributed by atoms with Gasteiger partial charge in [0.15, 0.2) is 0 Å². The molecule has 0 saturated carbocycles. The topological polar surface area (TPSA) is 252 Å². The van der Waals surface area contributed by atoms with Crippen LogP contribution in [0.25, 0.3) is 0 Å². The molecule has 0 radical (unpaired) electrons. The van der Waals surface area contributed by atoms with Crippen molar-refractivity contribution in [3.63, 3.8) is 0 Å². The van der Waals surface area contributed by atoms with E-state index in [4.69, 9.17) is 16.6 Å². The van der Waals surface area contributed by atoms with Crippen molar-refractivity contribution in [1.82, 2.24) is 26.6 Å². The minimum absolute atomic E-state index is 0.0704. The monoisotopic (exact) mass is 515 g/mol. The number of carboxylic acids is 1. The van der Waals surface area contributed by atoms with Crippen molar-refractivity contribution in [2.45, 2.75) is 58.7 Å². The number of aliphatic carboxylic acids is 1. The van der Waals surface area contributed by atoms with E-state index >= 15 is 0 Å². The Morgan fingerprint density at radius 3 is 1.81 bits per heavy atom. The summed E-state index contributed by atoms with van der Waals surface area (Å²) < 4.78 is 0. The third-order valence-corrected chi connectivity index (χ3v) is 4.69. The lowest BCUT2D eigenvalue weighted by atomic mass is 10.0. The molecule has 0 aromatic rings. The van der Waals surface area contributed by atoms with E-state index in [-0.39, 0.29) is 24.8 Å². The molecule has 3 atom stereocenters. The van der Waals surface area contributed by atoms with Crippen LogP contribution in [0.3, 0.4) is 0 Å². The maximum Gasteiger partial charge on any atom is 0.322 e. The average molecular weight is 516 g/mol. The Hall–Kier alpha value is -3.75. The van der Waals surface area contributed by atoms with Gasteiger partial charge in [-0.05, 0) is 18.3 Å². The normalized spacial score (nSPS) is 13.2. The maximum atomic E-state index is 12.8. The number of amides is 6. The molecule has 0 aliphatic heterocycles. The second-order valence-corrected chi connectivity index (χ2v) is 8.80. The number of carbonyl (C=O) groups is 7. The van der Waals surface area contributed by atoms with E-state index < -0.39 is 79.0 Å². The SMILES string of the molecule is CC(C)C[C@H](NC(=O)[C@H](CC(N)=O)NC(=O)CNC(=O)[C@@H](NC(=O)CN)C(C)C)C(=O)NCC(=O)O. The fourth-order valence-corrected chi connectivity index (χ4v) is 2.96. The van der Waals surface area contributed by atoms with E-state index in [1.165, 1.54) is 0 Å². The Bertz CT molecular complexity index is 831. The first-order chi connectivity index (χ1) is 16.7. The highest BCUT2D eigenvalue weighted by Crippen LogP contribution is 2.06. The van der Waals surface area contributed by atoms with Crippen LogP contribution in [0.2, 0.25) is 0 Å². The number of rotatable bonds is 16. The van der Waals surface area contributed by atoms with Gasteiger partial charge in [0.05, 0.1) is 19.5 Å². The molecule has 0 heterocycles. The molecular formula is C21H37N7O8. The van der Waals surface area contributed by atoms with Gasteiger partial charge >= 0.3 is 5.97 Å². The predicted molar refractivity (Wildman–Crippen MR) is 127 cm³/mol. The van der Waals surface area contributed by atoms with Crippen molar-refractivity contribution in [3.05, 3.63) is 0 Å². The van der Waals surface area contributed by atoms with Crippen molar-refractivity contribution >= 4 is 41.4 Å². The summed E-state index contributed by atoms with van der Waals surface area (Å²) in [5, 5.41) is 20.3. The highest BCUT2D eigenvalue weighted by Gasteiger charge is 2.29. The van der Waals surface area contributed by atoms with Crippen LogP contribution < -0.4 is 38.1 Å². The fraction of sp³-hybridized carbons (Fsp3) is 0.667. The molecule has 0 aromatic carbocycles. The van der Waals surface area contributed by atoms with E-state index in [0.717, 1.165) is 0 Å². The lowest BCUT2D eigenvalue weighted by Crippen LogP contribution is -2.57. The third-order valence-electron chi connectivity index (χ3n) is 4.69. The second kappa shape index (κ2) is 16.0. The van der Waals surface area contributed by atoms with Crippen LogP contribution in [-0.2, 0) is 33.6 Å². The predicted octanol–water partition coefficient (Wildman–Crippen LogP) is -3.71. The zero-order valence-electron chi connectivity index (χ0n) is 20.9. The summed E-state index contributed by atoms with van der Waals surface area (Å²) >= 11 is 0. The van der Waals surface area contributed by atoms with Crippen molar-refractivity contribution in [1.29, 1.82) is 0 Å². The molecule has 0 fully saturated rings. The Labute approximate surface area is 208 Å². The van der Waals surface area contributed by atoms with E-state index in [1.54, 1.807) is 27.7 Å². The fourth-order valence-electron chi connectivity index (χ4n) is 2.96. The van der Waals surface area contributed by atoms with Crippen LogP contribution >= 0.6 is 0 Å². The summed E-state index contributed by atoms with van der Waals surface area (Å²) in [7, 11) is 0. The van der Waals surface area contributed by atoms with Gasteiger partial charge in [0.2, 0.25) is 35.4 Å². The second-order valence-electron chi connectivity index (χ2n) is 8.80. The Kier molecular flexibility index (Phi) is 14.4. The lowest BCUT2D eigenvalue weighted by molar-refractivity contribution is -0.139. The summed E-state index contributed by atoms with van der Waals surface area (Å²) in [6, 6.07) is -3.56. The zero-order chi connectivity index (χ0) is 28.0. The highest BCUT2D eigenvalue weighted by molar-refractivity contribution is 5.96. The third kappa shape index (κ3) is 13.2. The Morgan fingerprint density at radius 1 is 0.750 bits per heavy atom. The highest BCUT2D eigenvalue weighted by atomic mass is 16.4. The van der Waals surface area contributed by atoms with E-state index in [0.29, 0.717) is 0 Å². The number of carbonyl (C=O) groups excluding carboxylic acids is 6. The molecule has 0 bridgehead atoms. The van der Waals surface area contributed by atoms with Crippen LogP contribution in [0, 0.1) is 11.8 Å². The number of nitrogens with two attached hydrogens (primary N) is 2. The van der Waals surface area contributed by atoms with E-state index in [2.05, 4.69) is 26.6 Å². The molecule has 15 nitrogen and oxygen atoms in total. The van der Waals surface area contributed by atoms with Gasteiger partial charge in [-0.15, -0.1) is 0 Å². The zero-order valence-corrected chi connectivity index (χ0v) is 20.9. The standard InChI is InChI=1S/C21H37N7O8/c1-10(2)5-12(19(34)25-9-17(32)33)27-20(35)13(6-14(23)29)26-16(31)8-24-21(36)18(11(3)4)28-15(30)7-22/h10-13,18H,5-9,22H2,1-4H3,(H2,23,29)(H,24,36)(H,25,34)(H,26,31)(H,27,35)(H,28,30)(H,32,33)/t12-,13-,18-/m0/s1. The molecule has 204 valence electrons. The van der Waals surface area contributed by atoms with E-state index in [9.17, 15) is 33.6 Å². The van der Waals surface area contributed by atoms with Crippen molar-refractivity contribution in [3.8, 4) is 0 Å². The quantitative estimate of drug-likeness (QED) is 0.100. The van der Waals surface area contributed by atoms with Gasteiger partial charge < -0.3 is 43.2 Å². The molecular weight excluding hydrogens is 478 g/mol. The molecule has 36 heavy (non-hydrogen) atoms. The van der Waals surface area contributed by atoms with Crippen LogP contribution in [0.4, 0.5) is 0 Å². The number of hydrogen-bond donors (Lipinski definition) is 8. The summed E-state index contributed by atoms with van der Waals surface area (Å²) in [6.07, 6.45) is -0.451. The summed E-state index contributed by atoms with van der Waals surface area (Å²) in [4.78, 5) is 83.6. The molecule has 0 aliphatic rings. The number of carboxylic acid groups (broad SMARTS) is 1. The smallest absolute Gasteiger partial charge is 0.322 e. The average Bonchev–Trinajstić information content (AvgIpc) is 2.77. The Morgan fingerprint density at radius 2 is 1.33 bits per heavy atom. The largest absolute Gasteiger partial charge is 0.480 e. The first kappa shape index (κ1) is 32.2.